The highest BCUT2D eigenvalue weighted by Gasteiger charge is 2.10. The van der Waals surface area contributed by atoms with E-state index < -0.39 is 11.7 Å². The summed E-state index contributed by atoms with van der Waals surface area (Å²) < 4.78 is 13.7. The molecule has 0 spiro atoms. The minimum Gasteiger partial charge on any atom is -0.397 e. The lowest BCUT2D eigenvalue weighted by Crippen LogP contribution is -2.13. The van der Waals surface area contributed by atoms with Gasteiger partial charge in [0.1, 0.15) is 5.82 Å². The third-order valence-electron chi connectivity index (χ3n) is 2.39. The van der Waals surface area contributed by atoms with Gasteiger partial charge in [0, 0.05) is 15.1 Å². The first kappa shape index (κ1) is 13.8. The Hall–Kier alpha value is -1.59. The van der Waals surface area contributed by atoms with Crippen molar-refractivity contribution in [2.24, 2.45) is 0 Å². The Kier molecular flexibility index (Phi) is 4.07. The monoisotopic (exact) mass is 342 g/mol. The van der Waals surface area contributed by atoms with Crippen molar-refractivity contribution in [2.75, 3.05) is 11.1 Å². The second-order valence-corrected chi connectivity index (χ2v) is 5.20. The SMILES string of the molecule is Nc1ccc(Cl)cc1NC(=O)c1cc(F)cc(Br)c1. The molecular formula is C13H9BrClFN2O. The maximum Gasteiger partial charge on any atom is 0.255 e. The van der Waals surface area contributed by atoms with E-state index in [-0.39, 0.29) is 5.56 Å². The molecule has 0 bridgehead atoms. The highest BCUT2D eigenvalue weighted by molar-refractivity contribution is 9.10. The van der Waals surface area contributed by atoms with Crippen molar-refractivity contribution in [3.63, 3.8) is 0 Å². The van der Waals surface area contributed by atoms with Crippen molar-refractivity contribution in [1.29, 1.82) is 0 Å². The number of nitrogens with one attached hydrogen (secondary N) is 1. The molecule has 19 heavy (non-hydrogen) atoms. The van der Waals surface area contributed by atoms with E-state index in [1.54, 1.807) is 12.1 Å². The van der Waals surface area contributed by atoms with Gasteiger partial charge in [0.15, 0.2) is 0 Å². The van der Waals surface area contributed by atoms with Gasteiger partial charge in [-0.05, 0) is 36.4 Å². The minimum atomic E-state index is -0.501. The van der Waals surface area contributed by atoms with Crippen LogP contribution in [0, 0.1) is 5.82 Å². The fourth-order valence-corrected chi connectivity index (χ4v) is 2.15. The number of rotatable bonds is 2. The molecule has 0 radical (unpaired) electrons. The van der Waals surface area contributed by atoms with E-state index in [9.17, 15) is 9.18 Å². The van der Waals surface area contributed by atoms with Gasteiger partial charge < -0.3 is 11.1 Å². The molecule has 2 rings (SSSR count). The van der Waals surface area contributed by atoms with Crippen LogP contribution in [-0.4, -0.2) is 5.91 Å². The molecule has 3 nitrogen and oxygen atoms in total. The lowest BCUT2D eigenvalue weighted by Gasteiger charge is -2.09. The van der Waals surface area contributed by atoms with Crippen LogP contribution in [0.4, 0.5) is 15.8 Å². The standard InChI is InChI=1S/C13H9BrClFN2O/c14-8-3-7(4-10(16)5-8)13(19)18-12-6-9(15)1-2-11(12)17/h1-6H,17H2,(H,18,19). The van der Waals surface area contributed by atoms with E-state index in [1.165, 1.54) is 18.2 Å². The Morgan fingerprint density at radius 1 is 1.26 bits per heavy atom. The van der Waals surface area contributed by atoms with Crippen molar-refractivity contribution < 1.29 is 9.18 Å². The number of carbonyl (C=O) groups is 1. The lowest BCUT2D eigenvalue weighted by molar-refractivity contribution is 0.102. The summed E-state index contributed by atoms with van der Waals surface area (Å²) in [5.41, 5.74) is 6.67. The molecule has 3 N–H and O–H groups in total. The molecule has 0 unspecified atom stereocenters. The van der Waals surface area contributed by atoms with Crippen molar-refractivity contribution in [1.82, 2.24) is 0 Å². The van der Waals surface area contributed by atoms with Crippen LogP contribution in [0.5, 0.6) is 0 Å². The topological polar surface area (TPSA) is 55.1 Å². The van der Waals surface area contributed by atoms with Gasteiger partial charge in [0.25, 0.3) is 5.91 Å². The van der Waals surface area contributed by atoms with E-state index in [0.29, 0.717) is 20.9 Å². The first-order valence-electron chi connectivity index (χ1n) is 5.28. The zero-order valence-corrected chi connectivity index (χ0v) is 11.9. The summed E-state index contributed by atoms with van der Waals surface area (Å²) >= 11 is 8.95. The van der Waals surface area contributed by atoms with E-state index >= 15 is 0 Å². The van der Waals surface area contributed by atoms with Crippen molar-refractivity contribution in [3.8, 4) is 0 Å². The Balaban J connectivity index is 2.28. The second-order valence-electron chi connectivity index (χ2n) is 3.84. The van der Waals surface area contributed by atoms with E-state index in [4.69, 9.17) is 17.3 Å². The van der Waals surface area contributed by atoms with E-state index in [1.807, 2.05) is 0 Å². The van der Waals surface area contributed by atoms with E-state index in [2.05, 4.69) is 21.2 Å². The smallest absolute Gasteiger partial charge is 0.255 e. The molecule has 6 heteroatoms. The number of nitrogen functional groups attached to an aromatic ring is 1. The van der Waals surface area contributed by atoms with Crippen molar-refractivity contribution in [3.05, 3.63) is 57.3 Å². The number of anilines is 2. The van der Waals surface area contributed by atoms with Gasteiger partial charge in [-0.3, -0.25) is 4.79 Å². The number of halogens is 3. The highest BCUT2D eigenvalue weighted by atomic mass is 79.9. The van der Waals surface area contributed by atoms with E-state index in [0.717, 1.165) is 6.07 Å². The fourth-order valence-electron chi connectivity index (χ4n) is 1.52. The van der Waals surface area contributed by atoms with Gasteiger partial charge in [-0.15, -0.1) is 0 Å². The largest absolute Gasteiger partial charge is 0.397 e. The fraction of sp³-hybridized carbons (Fsp3) is 0. The maximum atomic E-state index is 13.2. The van der Waals surface area contributed by atoms with Gasteiger partial charge in [0.2, 0.25) is 0 Å². The first-order chi connectivity index (χ1) is 8.95. The van der Waals surface area contributed by atoms with Crippen LogP contribution >= 0.6 is 27.5 Å². The Morgan fingerprint density at radius 2 is 2.00 bits per heavy atom. The van der Waals surface area contributed by atoms with Crippen LogP contribution in [0.25, 0.3) is 0 Å². The van der Waals surface area contributed by atoms with Crippen LogP contribution in [0.15, 0.2) is 40.9 Å². The average Bonchev–Trinajstić information content (AvgIpc) is 2.32. The predicted molar refractivity (Wildman–Crippen MR) is 77.9 cm³/mol. The van der Waals surface area contributed by atoms with Crippen LogP contribution < -0.4 is 11.1 Å². The summed E-state index contributed by atoms with van der Waals surface area (Å²) in [6.07, 6.45) is 0. The Morgan fingerprint density at radius 3 is 2.68 bits per heavy atom. The molecule has 1 amide bonds. The molecule has 2 aromatic carbocycles. The molecule has 0 aliphatic carbocycles. The molecule has 0 aliphatic rings. The quantitative estimate of drug-likeness (QED) is 0.807. The molecule has 0 saturated heterocycles. The molecule has 0 aliphatic heterocycles. The average molecular weight is 344 g/mol. The van der Waals surface area contributed by atoms with Crippen LogP contribution in [0.1, 0.15) is 10.4 Å². The Bertz CT molecular complexity index is 628. The number of hydrogen-bond donors (Lipinski definition) is 2. The summed E-state index contributed by atoms with van der Waals surface area (Å²) in [6.45, 7) is 0. The molecule has 0 saturated carbocycles. The molecule has 0 heterocycles. The van der Waals surface area contributed by atoms with Gasteiger partial charge >= 0.3 is 0 Å². The molecule has 0 aromatic heterocycles. The molecule has 0 atom stereocenters. The van der Waals surface area contributed by atoms with Gasteiger partial charge in [-0.1, -0.05) is 27.5 Å². The van der Waals surface area contributed by atoms with Crippen LogP contribution in [-0.2, 0) is 0 Å². The lowest BCUT2D eigenvalue weighted by atomic mass is 10.2. The summed E-state index contributed by atoms with van der Waals surface area (Å²) in [5.74, 6) is -0.965. The maximum absolute atomic E-state index is 13.2. The number of hydrogen-bond acceptors (Lipinski definition) is 2. The van der Waals surface area contributed by atoms with Crippen LogP contribution in [0.2, 0.25) is 5.02 Å². The molecule has 2 aromatic rings. The summed E-state index contributed by atoms with van der Waals surface area (Å²) in [4.78, 5) is 12.0. The normalized spacial score (nSPS) is 10.3. The van der Waals surface area contributed by atoms with Gasteiger partial charge in [-0.2, -0.15) is 0 Å². The number of benzene rings is 2. The molecular weight excluding hydrogens is 335 g/mol. The Labute approximate surface area is 122 Å². The summed E-state index contributed by atoms with van der Waals surface area (Å²) in [6, 6.07) is 8.65. The van der Waals surface area contributed by atoms with Gasteiger partial charge in [0.05, 0.1) is 11.4 Å². The number of carbonyl (C=O) groups excluding carboxylic acids is 1. The second kappa shape index (κ2) is 5.59. The number of nitrogens with two attached hydrogens (primary N) is 1. The minimum absolute atomic E-state index is 0.186. The first-order valence-corrected chi connectivity index (χ1v) is 6.45. The third kappa shape index (κ3) is 3.45. The molecule has 98 valence electrons. The zero-order valence-electron chi connectivity index (χ0n) is 9.58. The summed E-state index contributed by atoms with van der Waals surface area (Å²) in [7, 11) is 0. The zero-order chi connectivity index (χ0) is 14.0. The van der Waals surface area contributed by atoms with Crippen molar-refractivity contribution in [2.45, 2.75) is 0 Å². The number of amides is 1. The van der Waals surface area contributed by atoms with Crippen LogP contribution in [0.3, 0.4) is 0 Å². The van der Waals surface area contributed by atoms with Gasteiger partial charge in [-0.25, -0.2) is 4.39 Å². The predicted octanol–water partition coefficient (Wildman–Crippen LogP) is 4.08. The third-order valence-corrected chi connectivity index (χ3v) is 3.08. The van der Waals surface area contributed by atoms with Crippen molar-refractivity contribution >= 4 is 44.8 Å². The summed E-state index contributed by atoms with van der Waals surface area (Å²) in [5, 5.41) is 3.03. The molecule has 0 fully saturated rings. The highest BCUT2D eigenvalue weighted by Crippen LogP contribution is 2.24.